The first-order chi connectivity index (χ1) is 11.2. The number of hydrogen-bond acceptors (Lipinski definition) is 5. The largest absolute Gasteiger partial charge is 0.486 e. The molecule has 0 saturated carbocycles. The Balaban J connectivity index is 1.77. The number of aromatic nitrogens is 4. The minimum Gasteiger partial charge on any atom is -0.486 e. The average Bonchev–Trinajstić information content (AvgIpc) is 3.00. The van der Waals surface area contributed by atoms with E-state index in [1.807, 2.05) is 24.3 Å². The van der Waals surface area contributed by atoms with Crippen molar-refractivity contribution in [3.05, 3.63) is 35.7 Å². The van der Waals surface area contributed by atoms with Crippen LogP contribution in [0.15, 0.2) is 24.3 Å². The van der Waals surface area contributed by atoms with Crippen LogP contribution in [0.5, 0.6) is 5.75 Å². The number of rotatable bonds is 10. The molecule has 0 bridgehead atoms. The first-order valence-electron chi connectivity index (χ1n) is 7.87. The van der Waals surface area contributed by atoms with E-state index < -0.39 is 5.97 Å². The second-order valence-electron chi connectivity index (χ2n) is 5.31. The van der Waals surface area contributed by atoms with Crippen LogP contribution in [0, 0.1) is 0 Å². The van der Waals surface area contributed by atoms with Crippen molar-refractivity contribution in [2.75, 3.05) is 0 Å². The first kappa shape index (κ1) is 16.9. The summed E-state index contributed by atoms with van der Waals surface area (Å²) in [5.41, 5.74) is 1.27. The Morgan fingerprint density at radius 3 is 2.70 bits per heavy atom. The summed E-state index contributed by atoms with van der Waals surface area (Å²) >= 11 is 0. The Kier molecular flexibility index (Phi) is 6.53. The van der Waals surface area contributed by atoms with E-state index in [4.69, 9.17) is 9.84 Å². The maximum Gasteiger partial charge on any atom is 0.303 e. The Bertz CT molecular complexity index is 610. The number of nitrogens with zero attached hydrogens (tertiary/aromatic N) is 4. The van der Waals surface area contributed by atoms with Crippen molar-refractivity contribution in [2.24, 2.45) is 0 Å². The summed E-state index contributed by atoms with van der Waals surface area (Å²) in [5, 5.41) is 20.2. The Hall–Kier alpha value is -2.44. The van der Waals surface area contributed by atoms with E-state index in [-0.39, 0.29) is 6.42 Å². The predicted molar refractivity (Wildman–Crippen MR) is 84.1 cm³/mol. The van der Waals surface area contributed by atoms with Gasteiger partial charge < -0.3 is 9.84 Å². The summed E-state index contributed by atoms with van der Waals surface area (Å²) in [6.45, 7) is 3.09. The third-order valence-corrected chi connectivity index (χ3v) is 3.57. The molecule has 0 aliphatic rings. The van der Waals surface area contributed by atoms with E-state index >= 15 is 0 Å². The van der Waals surface area contributed by atoms with Gasteiger partial charge in [0.2, 0.25) is 0 Å². The molecule has 23 heavy (non-hydrogen) atoms. The third kappa shape index (κ3) is 5.69. The van der Waals surface area contributed by atoms with E-state index in [0.717, 1.165) is 25.0 Å². The van der Waals surface area contributed by atoms with Crippen molar-refractivity contribution in [1.82, 2.24) is 20.2 Å². The standard InChI is InChI=1S/C16H22N4O3/c1-2-13-7-9-14(10-8-13)23-12-15-17-18-19-20(15)11-5-3-4-6-16(21)22/h7-10H,2-6,11-12H2,1H3,(H,21,22). The minimum absolute atomic E-state index is 0.208. The van der Waals surface area contributed by atoms with Crippen LogP contribution in [0.3, 0.4) is 0 Å². The molecule has 0 spiro atoms. The highest BCUT2D eigenvalue weighted by Gasteiger charge is 2.07. The van der Waals surface area contributed by atoms with Gasteiger partial charge in [-0.1, -0.05) is 25.5 Å². The highest BCUT2D eigenvalue weighted by atomic mass is 16.5. The van der Waals surface area contributed by atoms with Crippen molar-refractivity contribution < 1.29 is 14.6 Å². The van der Waals surface area contributed by atoms with Crippen molar-refractivity contribution in [1.29, 1.82) is 0 Å². The number of carboxylic acids is 1. The Morgan fingerprint density at radius 1 is 1.22 bits per heavy atom. The number of aliphatic carboxylic acids is 1. The normalized spacial score (nSPS) is 10.7. The summed E-state index contributed by atoms with van der Waals surface area (Å²) in [7, 11) is 0. The molecule has 1 aromatic heterocycles. The van der Waals surface area contributed by atoms with Gasteiger partial charge in [-0.3, -0.25) is 4.79 Å². The molecule has 7 nitrogen and oxygen atoms in total. The molecule has 2 aromatic rings. The fraction of sp³-hybridized carbons (Fsp3) is 0.500. The Morgan fingerprint density at radius 2 is 2.00 bits per heavy atom. The lowest BCUT2D eigenvalue weighted by Crippen LogP contribution is -2.09. The van der Waals surface area contributed by atoms with Crippen molar-refractivity contribution in [3.63, 3.8) is 0 Å². The van der Waals surface area contributed by atoms with E-state index in [1.54, 1.807) is 4.68 Å². The topological polar surface area (TPSA) is 90.1 Å². The lowest BCUT2D eigenvalue weighted by atomic mass is 10.2. The number of benzene rings is 1. The summed E-state index contributed by atoms with van der Waals surface area (Å²) in [6.07, 6.45) is 3.56. The molecule has 0 aliphatic carbocycles. The maximum atomic E-state index is 10.5. The SMILES string of the molecule is CCc1ccc(OCc2nnnn2CCCCCC(=O)O)cc1. The van der Waals surface area contributed by atoms with Gasteiger partial charge in [-0.05, 0) is 47.4 Å². The highest BCUT2D eigenvalue weighted by Crippen LogP contribution is 2.14. The second-order valence-corrected chi connectivity index (χ2v) is 5.31. The van der Waals surface area contributed by atoms with E-state index in [9.17, 15) is 4.79 Å². The van der Waals surface area contributed by atoms with Crippen LogP contribution in [0.1, 0.15) is 44.0 Å². The lowest BCUT2D eigenvalue weighted by Gasteiger charge is -2.07. The zero-order valence-electron chi connectivity index (χ0n) is 13.3. The molecular weight excluding hydrogens is 296 g/mol. The van der Waals surface area contributed by atoms with E-state index in [1.165, 1.54) is 5.56 Å². The van der Waals surface area contributed by atoms with Crippen LogP contribution in [-0.4, -0.2) is 31.3 Å². The van der Waals surface area contributed by atoms with Gasteiger partial charge >= 0.3 is 5.97 Å². The summed E-state index contributed by atoms with van der Waals surface area (Å²) in [4.78, 5) is 10.5. The zero-order chi connectivity index (χ0) is 16.5. The molecule has 7 heteroatoms. The molecule has 0 fully saturated rings. The van der Waals surface area contributed by atoms with Crippen LogP contribution in [0.25, 0.3) is 0 Å². The average molecular weight is 318 g/mol. The molecule has 0 saturated heterocycles. The van der Waals surface area contributed by atoms with Crippen LogP contribution >= 0.6 is 0 Å². The van der Waals surface area contributed by atoms with Gasteiger partial charge in [-0.25, -0.2) is 4.68 Å². The third-order valence-electron chi connectivity index (χ3n) is 3.57. The molecule has 124 valence electrons. The van der Waals surface area contributed by atoms with Crippen molar-refractivity contribution in [3.8, 4) is 5.75 Å². The molecule has 1 heterocycles. The number of aryl methyl sites for hydroxylation is 2. The van der Waals surface area contributed by atoms with Gasteiger partial charge in [0.15, 0.2) is 5.82 Å². The predicted octanol–water partition coefficient (Wildman–Crippen LogP) is 2.46. The lowest BCUT2D eigenvalue weighted by molar-refractivity contribution is -0.137. The van der Waals surface area contributed by atoms with Crippen molar-refractivity contribution in [2.45, 2.75) is 52.2 Å². The number of hydrogen-bond donors (Lipinski definition) is 1. The van der Waals surface area contributed by atoms with Gasteiger partial charge in [-0.15, -0.1) is 5.10 Å². The molecule has 0 amide bonds. The monoisotopic (exact) mass is 318 g/mol. The summed E-state index contributed by atoms with van der Waals surface area (Å²) in [5.74, 6) is 0.705. The molecular formula is C16H22N4O3. The Labute approximate surface area is 135 Å². The zero-order valence-corrected chi connectivity index (χ0v) is 13.3. The highest BCUT2D eigenvalue weighted by molar-refractivity contribution is 5.66. The summed E-state index contributed by atoms with van der Waals surface area (Å²) < 4.78 is 7.42. The number of carbonyl (C=O) groups is 1. The van der Waals surface area contributed by atoms with Crippen LogP contribution in [-0.2, 0) is 24.4 Å². The van der Waals surface area contributed by atoms with Crippen LogP contribution in [0.2, 0.25) is 0 Å². The van der Waals surface area contributed by atoms with Gasteiger partial charge in [0.25, 0.3) is 0 Å². The number of unbranched alkanes of at least 4 members (excludes halogenated alkanes) is 2. The molecule has 0 unspecified atom stereocenters. The fourth-order valence-electron chi connectivity index (χ4n) is 2.18. The molecule has 2 rings (SSSR count). The van der Waals surface area contributed by atoms with Gasteiger partial charge in [0, 0.05) is 13.0 Å². The maximum absolute atomic E-state index is 10.5. The smallest absolute Gasteiger partial charge is 0.303 e. The van der Waals surface area contributed by atoms with Gasteiger partial charge in [-0.2, -0.15) is 0 Å². The molecule has 1 aromatic carbocycles. The second kappa shape index (κ2) is 8.87. The minimum atomic E-state index is -0.754. The molecule has 1 N–H and O–H groups in total. The quantitative estimate of drug-likeness (QED) is 0.677. The van der Waals surface area contributed by atoms with E-state index in [0.29, 0.717) is 25.4 Å². The molecule has 0 aliphatic heterocycles. The fourth-order valence-corrected chi connectivity index (χ4v) is 2.18. The van der Waals surface area contributed by atoms with Gasteiger partial charge in [0.05, 0.1) is 0 Å². The number of tetrazole rings is 1. The first-order valence-corrected chi connectivity index (χ1v) is 7.87. The number of carboxylic acid groups (broad SMARTS) is 1. The number of ether oxygens (including phenoxy) is 1. The molecule has 0 atom stereocenters. The molecule has 0 radical (unpaired) electrons. The van der Waals surface area contributed by atoms with Crippen LogP contribution in [0.4, 0.5) is 0 Å². The van der Waals surface area contributed by atoms with Crippen LogP contribution < -0.4 is 4.74 Å². The van der Waals surface area contributed by atoms with E-state index in [2.05, 4.69) is 22.4 Å². The summed E-state index contributed by atoms with van der Waals surface area (Å²) in [6, 6.07) is 7.97. The van der Waals surface area contributed by atoms with Gasteiger partial charge in [0.1, 0.15) is 12.4 Å². The van der Waals surface area contributed by atoms with Crippen molar-refractivity contribution >= 4 is 5.97 Å².